The van der Waals surface area contributed by atoms with Crippen molar-refractivity contribution in [3.63, 3.8) is 0 Å². The molecule has 0 saturated heterocycles. The monoisotopic (exact) mass is 218 g/mol. The summed E-state index contributed by atoms with van der Waals surface area (Å²) in [5, 5.41) is 17.6. The smallest absolute Gasteiger partial charge is 0.312 e. The summed E-state index contributed by atoms with van der Waals surface area (Å²) in [4.78, 5) is 11.7. The number of hydrogen-bond donors (Lipinski definition) is 2. The second-order valence-corrected chi connectivity index (χ2v) is 5.31. The molecule has 0 saturated carbocycles. The van der Waals surface area contributed by atoms with E-state index in [1.54, 1.807) is 13.8 Å². The summed E-state index contributed by atoms with van der Waals surface area (Å²) in [7, 11) is 0. The van der Waals surface area contributed by atoms with E-state index in [0.717, 1.165) is 0 Å². The van der Waals surface area contributed by atoms with Crippen molar-refractivity contribution in [1.29, 1.82) is 0 Å². The first-order valence-corrected chi connectivity index (χ1v) is 5.09. The van der Waals surface area contributed by atoms with Gasteiger partial charge in [-0.2, -0.15) is 0 Å². The van der Waals surface area contributed by atoms with Crippen LogP contribution in [0.25, 0.3) is 0 Å². The number of carbonyl (C=O) groups is 1. The molecule has 0 aliphatic heterocycles. The van der Waals surface area contributed by atoms with Crippen molar-refractivity contribution in [3.05, 3.63) is 0 Å². The molecule has 0 aliphatic rings. The number of rotatable bonds is 4. The van der Waals surface area contributed by atoms with Gasteiger partial charge >= 0.3 is 5.97 Å². The predicted molar refractivity (Wildman–Crippen MR) is 57.3 cm³/mol. The van der Waals surface area contributed by atoms with Crippen molar-refractivity contribution in [3.8, 4) is 0 Å². The zero-order chi connectivity index (χ0) is 12.3. The second kappa shape index (κ2) is 4.94. The molecule has 4 nitrogen and oxygen atoms in total. The van der Waals surface area contributed by atoms with Crippen LogP contribution < -0.4 is 0 Å². The van der Waals surface area contributed by atoms with Gasteiger partial charge in [0.2, 0.25) is 0 Å². The molecule has 0 amide bonds. The van der Waals surface area contributed by atoms with E-state index in [0.29, 0.717) is 0 Å². The summed E-state index contributed by atoms with van der Waals surface area (Å²) in [6.07, 6.45) is -0.996. The maximum absolute atomic E-state index is 11.7. The number of carbonyl (C=O) groups excluding carboxylic acids is 1. The van der Waals surface area contributed by atoms with Crippen LogP contribution in [0, 0.1) is 10.8 Å². The molecule has 0 rings (SSSR count). The zero-order valence-corrected chi connectivity index (χ0v) is 10.2. The average molecular weight is 218 g/mol. The van der Waals surface area contributed by atoms with Gasteiger partial charge < -0.3 is 14.9 Å². The minimum atomic E-state index is -0.996. The van der Waals surface area contributed by atoms with Crippen LogP contribution in [-0.4, -0.2) is 35.5 Å². The van der Waals surface area contributed by atoms with Crippen LogP contribution in [0.4, 0.5) is 0 Å². The summed E-state index contributed by atoms with van der Waals surface area (Å²) < 4.78 is 4.94. The van der Waals surface area contributed by atoms with Crippen LogP contribution in [0.1, 0.15) is 34.6 Å². The Balaban J connectivity index is 4.33. The molecule has 2 N–H and O–H groups in total. The number of hydrogen-bond acceptors (Lipinski definition) is 4. The number of ether oxygens (including phenoxy) is 1. The Morgan fingerprint density at radius 3 is 2.07 bits per heavy atom. The molecule has 0 heterocycles. The van der Waals surface area contributed by atoms with Crippen LogP contribution in [0.15, 0.2) is 0 Å². The quantitative estimate of drug-likeness (QED) is 0.690. The molecule has 0 fully saturated rings. The minimum absolute atomic E-state index is 0.158. The van der Waals surface area contributed by atoms with Crippen molar-refractivity contribution < 1.29 is 19.7 Å². The molecule has 0 aromatic heterocycles. The van der Waals surface area contributed by atoms with Gasteiger partial charge in [-0.3, -0.25) is 4.79 Å². The zero-order valence-electron chi connectivity index (χ0n) is 10.2. The number of aliphatic hydroxyl groups excluding tert-OH is 2. The summed E-state index contributed by atoms with van der Waals surface area (Å²) >= 11 is 0. The van der Waals surface area contributed by atoms with Gasteiger partial charge in [0, 0.05) is 0 Å². The van der Waals surface area contributed by atoms with E-state index in [2.05, 4.69) is 0 Å². The van der Waals surface area contributed by atoms with E-state index >= 15 is 0 Å². The topological polar surface area (TPSA) is 66.8 Å². The van der Waals surface area contributed by atoms with Crippen molar-refractivity contribution in [2.45, 2.75) is 40.7 Å². The number of esters is 1. The highest BCUT2D eigenvalue weighted by Gasteiger charge is 2.41. The molecule has 4 heteroatoms. The highest BCUT2D eigenvalue weighted by atomic mass is 16.5. The van der Waals surface area contributed by atoms with Crippen molar-refractivity contribution in [1.82, 2.24) is 0 Å². The third-order valence-electron chi connectivity index (χ3n) is 3.00. The Morgan fingerprint density at radius 1 is 1.27 bits per heavy atom. The average Bonchev–Trinajstić information content (AvgIpc) is 2.11. The Morgan fingerprint density at radius 2 is 1.73 bits per heavy atom. The lowest BCUT2D eigenvalue weighted by Crippen LogP contribution is -2.40. The van der Waals surface area contributed by atoms with E-state index in [1.165, 1.54) is 0 Å². The maximum atomic E-state index is 11.7. The summed E-state index contributed by atoms with van der Waals surface area (Å²) in [5.74, 6) is -0.359. The van der Waals surface area contributed by atoms with Crippen molar-refractivity contribution in [2.75, 3.05) is 13.2 Å². The van der Waals surface area contributed by atoms with Gasteiger partial charge in [-0.25, -0.2) is 0 Å². The first-order chi connectivity index (χ1) is 6.63. The third-order valence-corrected chi connectivity index (χ3v) is 3.00. The van der Waals surface area contributed by atoms with Crippen LogP contribution in [-0.2, 0) is 9.53 Å². The Hall–Kier alpha value is -0.610. The molecule has 0 aromatic rings. The summed E-state index contributed by atoms with van der Waals surface area (Å²) in [5.41, 5.74) is -0.837. The van der Waals surface area contributed by atoms with Crippen LogP contribution in [0.2, 0.25) is 0 Å². The molecule has 90 valence electrons. The molecule has 1 unspecified atom stereocenters. The van der Waals surface area contributed by atoms with Gasteiger partial charge in [0.15, 0.2) is 0 Å². The molecule has 0 radical (unpaired) electrons. The first kappa shape index (κ1) is 14.4. The van der Waals surface area contributed by atoms with Crippen LogP contribution in [0.3, 0.4) is 0 Å². The molecule has 0 bridgehead atoms. The first-order valence-electron chi connectivity index (χ1n) is 5.09. The molecular formula is C11H22O4. The lowest BCUT2D eigenvalue weighted by atomic mass is 9.69. The van der Waals surface area contributed by atoms with Crippen molar-refractivity contribution >= 4 is 5.97 Å². The lowest BCUT2D eigenvalue weighted by Gasteiger charge is -2.36. The van der Waals surface area contributed by atoms with E-state index < -0.39 is 18.1 Å². The highest BCUT2D eigenvalue weighted by Crippen LogP contribution is 2.38. The van der Waals surface area contributed by atoms with Gasteiger partial charge in [-0.1, -0.05) is 20.8 Å². The van der Waals surface area contributed by atoms with Gasteiger partial charge in [0.25, 0.3) is 0 Å². The SMILES string of the molecule is CC(C)(C)C(C)(C)C(=O)OCC(O)CO. The van der Waals surface area contributed by atoms with E-state index in [4.69, 9.17) is 14.9 Å². The van der Waals surface area contributed by atoms with E-state index in [9.17, 15) is 4.79 Å². The standard InChI is InChI=1S/C11H22O4/c1-10(2,3)11(4,5)9(14)15-7-8(13)6-12/h8,12-13H,6-7H2,1-5H3. The molecule has 1 atom stereocenters. The Labute approximate surface area is 91.3 Å². The normalized spacial score (nSPS) is 14.9. The Kier molecular flexibility index (Phi) is 4.74. The summed E-state index contributed by atoms with van der Waals surface area (Å²) in [6, 6.07) is 0. The summed E-state index contributed by atoms with van der Waals surface area (Å²) in [6.45, 7) is 8.92. The number of aliphatic hydroxyl groups is 2. The lowest BCUT2D eigenvalue weighted by molar-refractivity contribution is -0.163. The van der Waals surface area contributed by atoms with E-state index in [-0.39, 0.29) is 18.0 Å². The van der Waals surface area contributed by atoms with E-state index in [1.807, 2.05) is 20.8 Å². The van der Waals surface area contributed by atoms with Gasteiger partial charge in [0.1, 0.15) is 12.7 Å². The fraction of sp³-hybridized carbons (Fsp3) is 0.909. The predicted octanol–water partition coefficient (Wildman–Crippen LogP) is 0.955. The third kappa shape index (κ3) is 3.80. The fourth-order valence-electron chi connectivity index (χ4n) is 0.711. The molecule has 15 heavy (non-hydrogen) atoms. The minimum Gasteiger partial charge on any atom is -0.462 e. The van der Waals surface area contributed by atoms with Crippen LogP contribution >= 0.6 is 0 Å². The van der Waals surface area contributed by atoms with Gasteiger partial charge in [0.05, 0.1) is 12.0 Å². The van der Waals surface area contributed by atoms with Crippen LogP contribution in [0.5, 0.6) is 0 Å². The van der Waals surface area contributed by atoms with Gasteiger partial charge in [-0.05, 0) is 19.3 Å². The molecular weight excluding hydrogens is 196 g/mol. The second-order valence-electron chi connectivity index (χ2n) is 5.31. The highest BCUT2D eigenvalue weighted by molar-refractivity contribution is 5.76. The fourth-order valence-corrected chi connectivity index (χ4v) is 0.711. The Bertz CT molecular complexity index is 215. The molecule has 0 spiro atoms. The van der Waals surface area contributed by atoms with Crippen molar-refractivity contribution in [2.24, 2.45) is 10.8 Å². The maximum Gasteiger partial charge on any atom is 0.312 e. The molecule has 0 aliphatic carbocycles. The van der Waals surface area contributed by atoms with Gasteiger partial charge in [-0.15, -0.1) is 0 Å². The molecule has 0 aromatic carbocycles. The largest absolute Gasteiger partial charge is 0.462 e.